The Labute approximate surface area is 154 Å². The molecule has 1 fully saturated rings. The predicted molar refractivity (Wildman–Crippen MR) is 95.3 cm³/mol. The van der Waals surface area contributed by atoms with Gasteiger partial charge in [-0.15, -0.1) is 0 Å². The number of hydrogen-bond donors (Lipinski definition) is 0. The lowest BCUT2D eigenvalue weighted by molar-refractivity contribution is -0.188. The second kappa shape index (κ2) is 7.66. The number of carbonyl (C=O) groups is 2. The minimum absolute atomic E-state index is 0.183. The number of cyclic esters (lactones) is 1. The summed E-state index contributed by atoms with van der Waals surface area (Å²) in [7, 11) is 1.61. The summed E-state index contributed by atoms with van der Waals surface area (Å²) in [6.45, 7) is 9.44. The summed E-state index contributed by atoms with van der Waals surface area (Å²) in [6, 6.07) is 7.53. The molecule has 0 radical (unpaired) electrons. The van der Waals surface area contributed by atoms with Crippen LogP contribution in [0.1, 0.15) is 40.2 Å². The highest BCUT2D eigenvalue weighted by Gasteiger charge is 2.54. The molecule has 144 valence electrons. The third-order valence-electron chi connectivity index (χ3n) is 4.77. The van der Waals surface area contributed by atoms with E-state index in [1.165, 1.54) is 0 Å². The summed E-state index contributed by atoms with van der Waals surface area (Å²) in [6.07, 6.45) is -0.885. The lowest BCUT2D eigenvalue weighted by atomic mass is 9.80. The molecule has 1 saturated heterocycles. The fourth-order valence-electron chi connectivity index (χ4n) is 2.53. The molecule has 0 saturated carbocycles. The van der Waals surface area contributed by atoms with Crippen molar-refractivity contribution in [2.75, 3.05) is 13.7 Å². The van der Waals surface area contributed by atoms with Crippen LogP contribution in [0.3, 0.4) is 0 Å². The van der Waals surface area contributed by atoms with Gasteiger partial charge in [0.1, 0.15) is 5.75 Å². The van der Waals surface area contributed by atoms with Crippen LogP contribution in [0.2, 0.25) is 0 Å². The largest absolute Gasteiger partial charge is 0.497 e. The molecule has 1 aromatic carbocycles. The molecule has 0 amide bonds. The van der Waals surface area contributed by atoms with Crippen molar-refractivity contribution in [3.05, 3.63) is 29.8 Å². The van der Waals surface area contributed by atoms with Crippen molar-refractivity contribution in [1.29, 1.82) is 0 Å². The van der Waals surface area contributed by atoms with E-state index in [-0.39, 0.29) is 12.5 Å². The fraction of sp³-hybridized carbons (Fsp3) is 0.600. The van der Waals surface area contributed by atoms with Crippen LogP contribution in [0.5, 0.6) is 5.75 Å². The number of rotatable bonds is 6. The van der Waals surface area contributed by atoms with Crippen LogP contribution in [-0.4, -0.2) is 31.9 Å². The van der Waals surface area contributed by atoms with E-state index in [0.717, 1.165) is 11.3 Å². The van der Waals surface area contributed by atoms with Crippen LogP contribution >= 0.6 is 0 Å². The van der Waals surface area contributed by atoms with Crippen molar-refractivity contribution < 1.29 is 28.5 Å². The molecule has 0 unspecified atom stereocenters. The molecule has 0 bridgehead atoms. The Kier molecular flexibility index (Phi) is 5.96. The minimum Gasteiger partial charge on any atom is -0.497 e. The zero-order chi connectivity index (χ0) is 19.5. The van der Waals surface area contributed by atoms with Crippen molar-refractivity contribution in [2.45, 2.75) is 47.5 Å². The predicted octanol–water partition coefficient (Wildman–Crippen LogP) is 3.33. The Balaban J connectivity index is 1.94. The maximum absolute atomic E-state index is 12.4. The molecular formula is C20H28O6. The van der Waals surface area contributed by atoms with Crippen LogP contribution in [0.4, 0.5) is 0 Å². The first kappa shape index (κ1) is 20.2. The first-order valence-corrected chi connectivity index (χ1v) is 8.71. The van der Waals surface area contributed by atoms with Crippen LogP contribution in [0, 0.1) is 16.7 Å². The molecule has 0 spiro atoms. The maximum Gasteiger partial charge on any atom is 0.317 e. The number of carbonyl (C=O) groups excluding carboxylic acids is 2. The van der Waals surface area contributed by atoms with Crippen molar-refractivity contribution >= 4 is 11.9 Å². The molecule has 26 heavy (non-hydrogen) atoms. The van der Waals surface area contributed by atoms with E-state index in [0.29, 0.717) is 6.61 Å². The van der Waals surface area contributed by atoms with Gasteiger partial charge in [-0.1, -0.05) is 19.1 Å². The number of esters is 2. The van der Waals surface area contributed by atoms with Gasteiger partial charge in [0.2, 0.25) is 0 Å². The van der Waals surface area contributed by atoms with Gasteiger partial charge in [0.15, 0.2) is 0 Å². The third kappa shape index (κ3) is 4.36. The lowest BCUT2D eigenvalue weighted by Gasteiger charge is -2.26. The molecule has 1 heterocycles. The van der Waals surface area contributed by atoms with Gasteiger partial charge < -0.3 is 18.9 Å². The molecule has 3 atom stereocenters. The normalized spacial score (nSPS) is 25.7. The Morgan fingerprint density at radius 2 is 1.85 bits per heavy atom. The molecule has 0 aliphatic carbocycles. The highest BCUT2D eigenvalue weighted by atomic mass is 16.7. The highest BCUT2D eigenvalue weighted by molar-refractivity contribution is 5.80. The minimum atomic E-state index is -0.885. The van der Waals surface area contributed by atoms with Crippen LogP contribution in [0.25, 0.3) is 0 Å². The van der Waals surface area contributed by atoms with E-state index < -0.39 is 29.1 Å². The average Bonchev–Trinajstić information content (AvgIpc) is 2.79. The number of methoxy groups -OCH3 is 1. The topological polar surface area (TPSA) is 71.1 Å². The second-order valence-electron chi connectivity index (χ2n) is 7.98. The number of hydrogen-bond acceptors (Lipinski definition) is 6. The van der Waals surface area contributed by atoms with Crippen molar-refractivity contribution in [2.24, 2.45) is 16.7 Å². The number of ether oxygens (including phenoxy) is 4. The van der Waals surface area contributed by atoms with Gasteiger partial charge >= 0.3 is 11.9 Å². The van der Waals surface area contributed by atoms with Crippen LogP contribution < -0.4 is 4.74 Å². The smallest absolute Gasteiger partial charge is 0.317 e. The van der Waals surface area contributed by atoms with Gasteiger partial charge in [0.05, 0.1) is 31.2 Å². The van der Waals surface area contributed by atoms with Gasteiger partial charge in [-0.25, -0.2) is 0 Å². The van der Waals surface area contributed by atoms with E-state index >= 15 is 0 Å². The van der Waals surface area contributed by atoms with E-state index in [1.807, 2.05) is 31.2 Å². The van der Waals surface area contributed by atoms with Gasteiger partial charge in [-0.2, -0.15) is 0 Å². The van der Waals surface area contributed by atoms with E-state index in [1.54, 1.807) is 34.8 Å². The summed E-state index contributed by atoms with van der Waals surface area (Å²) in [5.74, 6) is -0.341. The molecule has 1 aromatic rings. The Morgan fingerprint density at radius 1 is 1.23 bits per heavy atom. The van der Waals surface area contributed by atoms with E-state index in [4.69, 9.17) is 18.9 Å². The van der Waals surface area contributed by atoms with Gasteiger partial charge in [-0.3, -0.25) is 9.59 Å². The Morgan fingerprint density at radius 3 is 2.38 bits per heavy atom. The van der Waals surface area contributed by atoms with Crippen LogP contribution in [-0.2, 0) is 30.4 Å². The van der Waals surface area contributed by atoms with E-state index in [9.17, 15) is 9.59 Å². The zero-order valence-electron chi connectivity index (χ0n) is 16.3. The van der Waals surface area contributed by atoms with Gasteiger partial charge in [0.25, 0.3) is 6.29 Å². The average molecular weight is 364 g/mol. The Hall–Kier alpha value is -2.08. The summed E-state index contributed by atoms with van der Waals surface area (Å²) < 4.78 is 21.6. The molecule has 6 heteroatoms. The fourth-order valence-corrected chi connectivity index (χ4v) is 2.53. The Bertz CT molecular complexity index is 645. The van der Waals surface area contributed by atoms with E-state index in [2.05, 4.69) is 0 Å². The number of benzene rings is 1. The summed E-state index contributed by atoms with van der Waals surface area (Å²) in [5, 5.41) is 0. The first-order chi connectivity index (χ1) is 12.1. The van der Waals surface area contributed by atoms with Gasteiger partial charge in [-0.05, 0) is 45.4 Å². The monoisotopic (exact) mass is 364 g/mol. The molecule has 0 aromatic heterocycles. The highest BCUT2D eigenvalue weighted by Crippen LogP contribution is 2.41. The second-order valence-corrected chi connectivity index (χ2v) is 7.98. The third-order valence-corrected chi connectivity index (χ3v) is 4.77. The summed E-state index contributed by atoms with van der Waals surface area (Å²) >= 11 is 0. The zero-order valence-corrected chi connectivity index (χ0v) is 16.3. The van der Waals surface area contributed by atoms with Crippen molar-refractivity contribution in [3.63, 3.8) is 0 Å². The van der Waals surface area contributed by atoms with Crippen LogP contribution in [0.15, 0.2) is 24.3 Å². The molecule has 0 N–H and O–H groups in total. The SMILES string of the molecule is COc1ccc(COC[C@@]2(C)C(=O)O[C@@H](OC(=O)C(C)(C)C)[C@H]2C)cc1. The first-order valence-electron chi connectivity index (χ1n) is 8.71. The lowest BCUT2D eigenvalue weighted by Crippen LogP contribution is -2.37. The molecule has 2 rings (SSSR count). The molecular weight excluding hydrogens is 336 g/mol. The van der Waals surface area contributed by atoms with Crippen molar-refractivity contribution in [3.8, 4) is 5.75 Å². The summed E-state index contributed by atoms with van der Waals surface area (Å²) in [5.41, 5.74) is -0.546. The standard InChI is InChI=1S/C20H28O6/c1-13-16(25-17(21)19(2,3)4)26-18(22)20(13,5)12-24-11-14-7-9-15(23-6)10-8-14/h7-10,13,16H,11-12H2,1-6H3/t13-,16-,20-/m1/s1. The molecule has 1 aliphatic rings. The quantitative estimate of drug-likeness (QED) is 0.721. The molecule has 1 aliphatic heterocycles. The van der Waals surface area contributed by atoms with Gasteiger partial charge in [0, 0.05) is 5.92 Å². The summed E-state index contributed by atoms with van der Waals surface area (Å²) in [4.78, 5) is 24.4. The van der Waals surface area contributed by atoms with Crippen molar-refractivity contribution in [1.82, 2.24) is 0 Å². The molecule has 6 nitrogen and oxygen atoms in total. The maximum atomic E-state index is 12.4.